The molecule has 0 aliphatic rings. The van der Waals surface area contributed by atoms with Crippen molar-refractivity contribution in [3.05, 3.63) is 64.0 Å². The summed E-state index contributed by atoms with van der Waals surface area (Å²) in [5, 5.41) is 16.1. The Bertz CT molecular complexity index is 869. The SMILES string of the molecule is CN=C(NCCc1cc(Cl)cc(Cl)c1)NCc1nnc2ccccn12. The van der Waals surface area contributed by atoms with E-state index in [2.05, 4.69) is 25.8 Å². The third-order valence-corrected chi connectivity index (χ3v) is 4.09. The first-order valence-electron chi connectivity index (χ1n) is 7.84. The van der Waals surface area contributed by atoms with Gasteiger partial charge in [0.1, 0.15) is 0 Å². The summed E-state index contributed by atoms with van der Waals surface area (Å²) in [6.07, 6.45) is 2.72. The summed E-state index contributed by atoms with van der Waals surface area (Å²) in [6, 6.07) is 11.3. The van der Waals surface area contributed by atoms with Gasteiger partial charge in [-0.05, 0) is 42.3 Å². The maximum absolute atomic E-state index is 6.02. The Kier molecular flexibility index (Phi) is 5.73. The maximum Gasteiger partial charge on any atom is 0.191 e. The Morgan fingerprint density at radius 1 is 1.12 bits per heavy atom. The number of hydrogen-bond donors (Lipinski definition) is 2. The minimum Gasteiger partial charge on any atom is -0.356 e. The van der Waals surface area contributed by atoms with Crippen LogP contribution in [-0.2, 0) is 13.0 Å². The molecule has 0 bridgehead atoms. The largest absolute Gasteiger partial charge is 0.356 e. The quantitative estimate of drug-likeness (QED) is 0.530. The number of aromatic nitrogens is 3. The number of hydrogen-bond acceptors (Lipinski definition) is 3. The van der Waals surface area contributed by atoms with E-state index in [4.69, 9.17) is 23.2 Å². The van der Waals surface area contributed by atoms with Crippen LogP contribution in [0.1, 0.15) is 11.4 Å². The zero-order chi connectivity index (χ0) is 17.6. The van der Waals surface area contributed by atoms with Gasteiger partial charge in [-0.15, -0.1) is 10.2 Å². The smallest absolute Gasteiger partial charge is 0.191 e. The summed E-state index contributed by atoms with van der Waals surface area (Å²) in [7, 11) is 1.73. The van der Waals surface area contributed by atoms with Gasteiger partial charge in [0.15, 0.2) is 17.4 Å². The summed E-state index contributed by atoms with van der Waals surface area (Å²) in [6.45, 7) is 1.23. The predicted octanol–water partition coefficient (Wildman–Crippen LogP) is 2.94. The Labute approximate surface area is 155 Å². The standard InChI is InChI=1S/C17H18Cl2N6/c1-20-17(21-6-5-12-8-13(18)10-14(19)9-12)22-11-16-24-23-15-4-2-3-7-25(15)16/h2-4,7-10H,5-6,11H2,1H3,(H2,20,21,22). The highest BCUT2D eigenvalue weighted by Gasteiger charge is 2.06. The molecule has 0 saturated heterocycles. The number of nitrogens with zero attached hydrogens (tertiary/aromatic N) is 4. The van der Waals surface area contributed by atoms with Gasteiger partial charge < -0.3 is 10.6 Å². The topological polar surface area (TPSA) is 66.6 Å². The van der Waals surface area contributed by atoms with E-state index in [0.717, 1.165) is 23.5 Å². The average Bonchev–Trinajstić information content (AvgIpc) is 3.00. The molecular weight excluding hydrogens is 359 g/mol. The van der Waals surface area contributed by atoms with Gasteiger partial charge in [-0.1, -0.05) is 29.3 Å². The van der Waals surface area contributed by atoms with Crippen LogP contribution in [0.25, 0.3) is 5.65 Å². The fourth-order valence-electron chi connectivity index (χ4n) is 2.48. The van der Waals surface area contributed by atoms with E-state index in [9.17, 15) is 0 Å². The van der Waals surface area contributed by atoms with E-state index in [1.54, 1.807) is 13.1 Å². The monoisotopic (exact) mass is 376 g/mol. The number of aliphatic imine (C=N–C) groups is 1. The minimum absolute atomic E-state index is 0.522. The molecule has 2 heterocycles. The van der Waals surface area contributed by atoms with Crippen LogP contribution in [0, 0.1) is 0 Å². The van der Waals surface area contributed by atoms with Crippen LogP contribution in [0.4, 0.5) is 0 Å². The first-order chi connectivity index (χ1) is 12.2. The van der Waals surface area contributed by atoms with Gasteiger partial charge in [0.2, 0.25) is 0 Å². The van der Waals surface area contributed by atoms with Gasteiger partial charge in [-0.25, -0.2) is 0 Å². The Hall–Kier alpha value is -2.31. The van der Waals surface area contributed by atoms with Crippen LogP contribution in [0.3, 0.4) is 0 Å². The molecule has 0 radical (unpaired) electrons. The summed E-state index contributed by atoms with van der Waals surface area (Å²) >= 11 is 12.0. The van der Waals surface area contributed by atoms with Crippen molar-refractivity contribution in [2.75, 3.05) is 13.6 Å². The highest BCUT2D eigenvalue weighted by molar-refractivity contribution is 6.34. The van der Waals surface area contributed by atoms with Crippen molar-refractivity contribution in [3.63, 3.8) is 0 Å². The molecule has 6 nitrogen and oxygen atoms in total. The second-order valence-corrected chi connectivity index (χ2v) is 6.30. The molecule has 0 fully saturated rings. The summed E-state index contributed by atoms with van der Waals surface area (Å²) in [5.41, 5.74) is 1.89. The molecule has 8 heteroatoms. The molecule has 0 aliphatic heterocycles. The molecule has 0 saturated carbocycles. The normalized spacial score (nSPS) is 11.7. The third-order valence-electron chi connectivity index (χ3n) is 3.65. The third kappa shape index (κ3) is 4.61. The van der Waals surface area contributed by atoms with Crippen molar-refractivity contribution in [1.82, 2.24) is 25.2 Å². The number of halogens is 2. The molecule has 25 heavy (non-hydrogen) atoms. The maximum atomic E-state index is 6.02. The molecule has 3 rings (SSSR count). The molecule has 0 unspecified atom stereocenters. The van der Waals surface area contributed by atoms with Crippen LogP contribution in [0.5, 0.6) is 0 Å². The van der Waals surface area contributed by atoms with Crippen LogP contribution in [-0.4, -0.2) is 34.2 Å². The zero-order valence-corrected chi connectivity index (χ0v) is 15.2. The van der Waals surface area contributed by atoms with E-state index in [-0.39, 0.29) is 0 Å². The van der Waals surface area contributed by atoms with E-state index >= 15 is 0 Å². The summed E-state index contributed by atoms with van der Waals surface area (Å²) in [4.78, 5) is 4.22. The molecular formula is C17H18Cl2N6. The molecule has 0 amide bonds. The molecule has 0 atom stereocenters. The highest BCUT2D eigenvalue weighted by atomic mass is 35.5. The molecule has 2 N–H and O–H groups in total. The number of pyridine rings is 1. The molecule has 1 aromatic carbocycles. The fraction of sp³-hybridized carbons (Fsp3) is 0.235. The summed E-state index contributed by atoms with van der Waals surface area (Å²) in [5.74, 6) is 1.51. The first kappa shape index (κ1) is 17.5. The van der Waals surface area contributed by atoms with Gasteiger partial charge in [-0.3, -0.25) is 9.39 Å². The van der Waals surface area contributed by atoms with Gasteiger partial charge in [0.05, 0.1) is 6.54 Å². The molecule has 2 aromatic heterocycles. The molecule has 130 valence electrons. The van der Waals surface area contributed by atoms with Gasteiger partial charge in [0, 0.05) is 29.8 Å². The number of guanidine groups is 1. The molecule has 0 spiro atoms. The van der Waals surface area contributed by atoms with Gasteiger partial charge in [-0.2, -0.15) is 0 Å². The van der Waals surface area contributed by atoms with Crippen molar-refractivity contribution in [2.24, 2.45) is 4.99 Å². The molecule has 0 aliphatic carbocycles. The first-order valence-corrected chi connectivity index (χ1v) is 8.59. The lowest BCUT2D eigenvalue weighted by Gasteiger charge is -2.11. The predicted molar refractivity (Wildman–Crippen MR) is 101 cm³/mol. The second-order valence-electron chi connectivity index (χ2n) is 5.43. The van der Waals surface area contributed by atoms with Gasteiger partial charge in [0.25, 0.3) is 0 Å². The van der Waals surface area contributed by atoms with E-state index in [1.165, 1.54) is 0 Å². The molecule has 3 aromatic rings. The highest BCUT2D eigenvalue weighted by Crippen LogP contribution is 2.19. The van der Waals surface area contributed by atoms with Crippen LogP contribution in [0.15, 0.2) is 47.6 Å². The van der Waals surface area contributed by atoms with Crippen molar-refractivity contribution >= 4 is 34.8 Å². The fourth-order valence-corrected chi connectivity index (χ4v) is 3.05. The van der Waals surface area contributed by atoms with Crippen molar-refractivity contribution < 1.29 is 0 Å². The summed E-state index contributed by atoms with van der Waals surface area (Å²) < 4.78 is 1.94. The Morgan fingerprint density at radius 2 is 1.92 bits per heavy atom. The zero-order valence-electron chi connectivity index (χ0n) is 13.7. The van der Waals surface area contributed by atoms with E-state index in [0.29, 0.717) is 29.1 Å². The second kappa shape index (κ2) is 8.18. The lowest BCUT2D eigenvalue weighted by molar-refractivity contribution is 0.757. The lowest BCUT2D eigenvalue weighted by atomic mass is 10.1. The van der Waals surface area contributed by atoms with E-state index < -0.39 is 0 Å². The minimum atomic E-state index is 0.522. The lowest BCUT2D eigenvalue weighted by Crippen LogP contribution is -2.38. The van der Waals surface area contributed by atoms with E-state index in [1.807, 2.05) is 40.9 Å². The van der Waals surface area contributed by atoms with Gasteiger partial charge >= 0.3 is 0 Å². The Morgan fingerprint density at radius 3 is 2.68 bits per heavy atom. The Balaban J connectivity index is 1.53. The van der Waals surface area contributed by atoms with Crippen LogP contribution < -0.4 is 10.6 Å². The van der Waals surface area contributed by atoms with Crippen molar-refractivity contribution in [2.45, 2.75) is 13.0 Å². The number of nitrogens with one attached hydrogen (secondary N) is 2. The average molecular weight is 377 g/mol. The number of rotatable bonds is 5. The van der Waals surface area contributed by atoms with Crippen molar-refractivity contribution in [1.29, 1.82) is 0 Å². The number of fused-ring (bicyclic) bond motifs is 1. The number of benzene rings is 1. The van der Waals surface area contributed by atoms with Crippen LogP contribution >= 0.6 is 23.2 Å². The van der Waals surface area contributed by atoms with Crippen molar-refractivity contribution in [3.8, 4) is 0 Å². The van der Waals surface area contributed by atoms with Crippen LogP contribution in [0.2, 0.25) is 10.0 Å².